The molecule has 0 saturated heterocycles. The summed E-state index contributed by atoms with van der Waals surface area (Å²) >= 11 is 0. The number of Topliss-reactive ketones (excluding diaryl/α,β-unsaturated/α-hetero) is 1. The molecule has 1 N–H and O–H groups in total. The first kappa shape index (κ1) is 23.1. The van der Waals surface area contributed by atoms with Gasteiger partial charge in [0.2, 0.25) is 0 Å². The molecule has 0 spiro atoms. The molecular formula is C26H38N6O3. The summed E-state index contributed by atoms with van der Waals surface area (Å²) in [4.78, 5) is 26.5. The van der Waals surface area contributed by atoms with Gasteiger partial charge in [0, 0.05) is 19.0 Å². The molecule has 2 aromatic heterocycles. The highest BCUT2D eigenvalue weighted by Crippen LogP contribution is 2.64. The van der Waals surface area contributed by atoms with Gasteiger partial charge in [-0.1, -0.05) is 6.92 Å². The first-order valence-corrected chi connectivity index (χ1v) is 13.4. The zero-order valence-electron chi connectivity index (χ0n) is 21.1. The quantitative estimate of drug-likeness (QED) is 0.718. The van der Waals surface area contributed by atoms with Crippen molar-refractivity contribution >= 4 is 5.78 Å². The number of ketones is 1. The normalized spacial score (nSPS) is 40.7. The molecule has 0 unspecified atom stereocenters. The predicted molar refractivity (Wildman–Crippen MR) is 129 cm³/mol. The molecule has 2 aromatic rings. The summed E-state index contributed by atoms with van der Waals surface area (Å²) in [5, 5.41) is 22.7. The number of aromatic nitrogens is 6. The fourth-order valence-corrected chi connectivity index (χ4v) is 8.96. The van der Waals surface area contributed by atoms with Gasteiger partial charge in [0.05, 0.1) is 11.8 Å². The Balaban J connectivity index is 1.18. The molecule has 0 aromatic carbocycles. The van der Waals surface area contributed by atoms with Gasteiger partial charge in [-0.15, -0.1) is 4.68 Å². The van der Waals surface area contributed by atoms with Crippen molar-refractivity contribution in [3.05, 3.63) is 22.7 Å². The monoisotopic (exact) mass is 482 g/mol. The van der Waals surface area contributed by atoms with E-state index < -0.39 is 11.3 Å². The Kier molecular flexibility index (Phi) is 5.36. The van der Waals surface area contributed by atoms with Crippen molar-refractivity contribution in [2.45, 2.75) is 83.8 Å². The van der Waals surface area contributed by atoms with E-state index in [-0.39, 0.29) is 23.7 Å². The second-order valence-corrected chi connectivity index (χ2v) is 12.5. The standard InChI is InChI=1S/C26H38N6O3/c1-25(35)11-8-17-16(14-25)4-5-19-18(17)9-12-26(2)20(19)6-7-21(26)22(33)15-31-24(34)32(29-28-31)23-10-13-27-30(23)3/h10,13,16-21,35H,4-9,11-12,14-15H2,1-3H3/t16-,17+,18-,19-,20+,21-,25-,26+/m1/s1. The Morgan fingerprint density at radius 3 is 2.63 bits per heavy atom. The van der Waals surface area contributed by atoms with Gasteiger partial charge in [-0.25, -0.2) is 4.79 Å². The highest BCUT2D eigenvalue weighted by Gasteiger charge is 2.58. The van der Waals surface area contributed by atoms with Crippen LogP contribution in [0.4, 0.5) is 0 Å². The molecule has 190 valence electrons. The lowest BCUT2D eigenvalue weighted by atomic mass is 9.49. The van der Waals surface area contributed by atoms with E-state index in [1.165, 1.54) is 28.6 Å². The summed E-state index contributed by atoms with van der Waals surface area (Å²) in [6.07, 6.45) is 11.4. The molecule has 0 bridgehead atoms. The minimum absolute atomic E-state index is 0.00683. The van der Waals surface area contributed by atoms with E-state index in [0.717, 1.165) is 50.4 Å². The number of aryl methyl sites for hydroxylation is 1. The molecule has 8 atom stereocenters. The van der Waals surface area contributed by atoms with Gasteiger partial charge in [0.25, 0.3) is 0 Å². The molecular weight excluding hydrogens is 444 g/mol. The van der Waals surface area contributed by atoms with Gasteiger partial charge in [-0.05, 0) is 110 Å². The fourth-order valence-electron chi connectivity index (χ4n) is 8.96. The lowest BCUT2D eigenvalue weighted by molar-refractivity contribution is -0.133. The van der Waals surface area contributed by atoms with Crippen molar-refractivity contribution in [3.63, 3.8) is 0 Å². The Labute approximate surface area is 205 Å². The van der Waals surface area contributed by atoms with Crippen molar-refractivity contribution in [2.24, 2.45) is 48.0 Å². The Morgan fingerprint density at radius 2 is 1.86 bits per heavy atom. The zero-order chi connectivity index (χ0) is 24.5. The van der Waals surface area contributed by atoms with Crippen LogP contribution in [0.25, 0.3) is 5.82 Å². The second kappa shape index (κ2) is 8.11. The highest BCUT2D eigenvalue weighted by atomic mass is 16.3. The average molecular weight is 483 g/mol. The fraction of sp³-hybridized carbons (Fsp3) is 0.808. The summed E-state index contributed by atoms with van der Waals surface area (Å²) in [7, 11) is 1.74. The van der Waals surface area contributed by atoms with Crippen molar-refractivity contribution in [2.75, 3.05) is 0 Å². The molecule has 4 aliphatic rings. The lowest BCUT2D eigenvalue weighted by Crippen LogP contribution is -2.51. The third kappa shape index (κ3) is 3.64. The number of aliphatic hydroxyl groups is 1. The molecule has 35 heavy (non-hydrogen) atoms. The lowest BCUT2D eigenvalue weighted by Gasteiger charge is -2.56. The Morgan fingerprint density at radius 1 is 1.06 bits per heavy atom. The van der Waals surface area contributed by atoms with Crippen LogP contribution in [0.3, 0.4) is 0 Å². The number of carbonyl (C=O) groups is 1. The summed E-state index contributed by atoms with van der Waals surface area (Å²) in [6, 6.07) is 1.70. The molecule has 9 heteroatoms. The van der Waals surface area contributed by atoms with E-state index in [1.54, 1.807) is 24.0 Å². The molecule has 0 radical (unpaired) electrons. The smallest absolute Gasteiger partial charge is 0.370 e. The van der Waals surface area contributed by atoms with E-state index in [4.69, 9.17) is 0 Å². The molecule has 4 fully saturated rings. The van der Waals surface area contributed by atoms with Crippen molar-refractivity contribution in [1.29, 1.82) is 0 Å². The van der Waals surface area contributed by atoms with E-state index >= 15 is 0 Å². The summed E-state index contributed by atoms with van der Waals surface area (Å²) in [6.45, 7) is 4.34. The number of nitrogens with zero attached hydrogens (tertiary/aromatic N) is 6. The van der Waals surface area contributed by atoms with E-state index in [2.05, 4.69) is 22.4 Å². The maximum atomic E-state index is 13.6. The molecule has 4 saturated carbocycles. The number of carbonyl (C=O) groups excluding carboxylic acids is 1. The van der Waals surface area contributed by atoms with Gasteiger partial charge in [-0.2, -0.15) is 9.78 Å². The van der Waals surface area contributed by atoms with Crippen LogP contribution < -0.4 is 5.69 Å². The number of fused-ring (bicyclic) bond motifs is 5. The largest absolute Gasteiger partial charge is 0.390 e. The van der Waals surface area contributed by atoms with Gasteiger partial charge in [0.15, 0.2) is 11.6 Å². The molecule has 0 aliphatic heterocycles. The van der Waals surface area contributed by atoms with E-state index in [0.29, 0.717) is 23.6 Å². The first-order chi connectivity index (χ1) is 16.7. The maximum Gasteiger partial charge on any atom is 0.370 e. The van der Waals surface area contributed by atoms with Crippen LogP contribution in [0.2, 0.25) is 0 Å². The number of hydrogen-bond donors (Lipinski definition) is 1. The van der Waals surface area contributed by atoms with Crippen molar-refractivity contribution in [3.8, 4) is 5.82 Å². The van der Waals surface area contributed by atoms with Gasteiger partial charge in [-0.3, -0.25) is 9.48 Å². The number of hydrogen-bond acceptors (Lipinski definition) is 6. The SMILES string of the molecule is Cn1nccc1-n1nnn(CC(=O)[C@H]2CC[C@H]3[C@@H]4CC[C@@H]5C[C@](C)(O)CC[C@@H]5[C@H]4CC[C@]23C)c1=O. The summed E-state index contributed by atoms with van der Waals surface area (Å²) in [5.74, 6) is 4.07. The summed E-state index contributed by atoms with van der Waals surface area (Å²) < 4.78 is 3.97. The van der Waals surface area contributed by atoms with Crippen LogP contribution >= 0.6 is 0 Å². The maximum absolute atomic E-state index is 13.6. The Hall–Kier alpha value is -2.29. The average Bonchev–Trinajstić information content (AvgIpc) is 3.49. The van der Waals surface area contributed by atoms with Crippen LogP contribution in [0, 0.1) is 40.9 Å². The van der Waals surface area contributed by atoms with Crippen molar-refractivity contribution in [1.82, 2.24) is 29.6 Å². The van der Waals surface area contributed by atoms with Crippen LogP contribution in [0.5, 0.6) is 0 Å². The number of rotatable bonds is 4. The topological polar surface area (TPSA) is 108 Å². The highest BCUT2D eigenvalue weighted by molar-refractivity contribution is 5.82. The predicted octanol–water partition coefficient (Wildman–Crippen LogP) is 2.75. The molecule has 0 amide bonds. The summed E-state index contributed by atoms with van der Waals surface area (Å²) in [5.41, 5.74) is -0.886. The zero-order valence-corrected chi connectivity index (χ0v) is 21.1. The van der Waals surface area contributed by atoms with Crippen LogP contribution in [-0.2, 0) is 18.4 Å². The minimum Gasteiger partial charge on any atom is -0.390 e. The third-order valence-corrected chi connectivity index (χ3v) is 10.6. The first-order valence-electron chi connectivity index (χ1n) is 13.4. The molecule has 4 aliphatic carbocycles. The molecule has 9 nitrogen and oxygen atoms in total. The second-order valence-electron chi connectivity index (χ2n) is 12.5. The molecule has 2 heterocycles. The van der Waals surface area contributed by atoms with E-state index in [9.17, 15) is 14.7 Å². The van der Waals surface area contributed by atoms with Gasteiger partial charge < -0.3 is 5.11 Å². The minimum atomic E-state index is -0.487. The van der Waals surface area contributed by atoms with Crippen LogP contribution in [0.15, 0.2) is 17.1 Å². The third-order valence-electron chi connectivity index (χ3n) is 10.6. The van der Waals surface area contributed by atoms with E-state index in [1.807, 2.05) is 6.92 Å². The Bertz CT molecular complexity index is 1180. The molecule has 6 rings (SSSR count). The van der Waals surface area contributed by atoms with Gasteiger partial charge in [0.1, 0.15) is 6.54 Å². The van der Waals surface area contributed by atoms with Crippen LogP contribution in [-0.4, -0.2) is 46.1 Å². The van der Waals surface area contributed by atoms with Crippen LogP contribution in [0.1, 0.15) is 71.6 Å². The number of tetrazole rings is 1. The van der Waals surface area contributed by atoms with Gasteiger partial charge >= 0.3 is 5.69 Å². The van der Waals surface area contributed by atoms with Crippen molar-refractivity contribution < 1.29 is 9.90 Å².